The summed E-state index contributed by atoms with van der Waals surface area (Å²) in [5.74, 6) is 0.834. The van der Waals surface area contributed by atoms with Crippen molar-refractivity contribution >= 4 is 43.2 Å². The van der Waals surface area contributed by atoms with Crippen molar-refractivity contribution in [1.29, 1.82) is 0 Å². The Morgan fingerprint density at radius 2 is 1.76 bits per heavy atom. The highest BCUT2D eigenvalue weighted by molar-refractivity contribution is 9.10. The first-order chi connectivity index (χ1) is 8.18. The molecule has 0 saturated heterocycles. The lowest BCUT2D eigenvalue weighted by molar-refractivity contribution is 0.376. The van der Waals surface area contributed by atoms with Crippen LogP contribution in [0, 0.1) is 12.8 Å². The Bertz CT molecular complexity index is 332. The number of hydrogen-bond donors (Lipinski definition) is 0. The van der Waals surface area contributed by atoms with Crippen LogP contribution in [0.15, 0.2) is 10.5 Å². The Labute approximate surface area is 125 Å². The normalized spacial score (nSPS) is 20.9. The molecule has 1 heterocycles. The maximum absolute atomic E-state index is 3.94. The predicted octanol–water partition coefficient (Wildman–Crippen LogP) is 6.62. The van der Waals surface area contributed by atoms with Crippen molar-refractivity contribution in [3.8, 4) is 0 Å². The molecule has 0 bridgehead atoms. The van der Waals surface area contributed by atoms with Gasteiger partial charge in [0.2, 0.25) is 0 Å². The van der Waals surface area contributed by atoms with E-state index in [1.165, 1.54) is 59.2 Å². The summed E-state index contributed by atoms with van der Waals surface area (Å²) in [6.45, 7) is 2.19. The highest BCUT2D eigenvalue weighted by atomic mass is 79.9. The SMILES string of the molecule is Cc1sc(C(Br)C2CCCCCCC2)cc1Br. The molecule has 1 aliphatic rings. The van der Waals surface area contributed by atoms with E-state index in [1.807, 2.05) is 11.3 Å². The number of rotatable bonds is 2. The average Bonchev–Trinajstić information content (AvgIpc) is 2.58. The van der Waals surface area contributed by atoms with Crippen LogP contribution in [0.2, 0.25) is 0 Å². The van der Waals surface area contributed by atoms with E-state index in [0.29, 0.717) is 4.83 Å². The third-order valence-corrected chi connectivity index (χ3v) is 7.48. The lowest BCUT2D eigenvalue weighted by atomic mass is 9.88. The molecular formula is C14H20Br2S. The molecule has 0 amide bonds. The summed E-state index contributed by atoms with van der Waals surface area (Å²) >= 11 is 9.51. The van der Waals surface area contributed by atoms with Gasteiger partial charge in [-0.05, 0) is 47.7 Å². The Balaban J connectivity index is 2.04. The number of alkyl halides is 1. The van der Waals surface area contributed by atoms with Crippen LogP contribution >= 0.6 is 43.2 Å². The van der Waals surface area contributed by atoms with Gasteiger partial charge in [0.25, 0.3) is 0 Å². The quantitative estimate of drug-likeness (QED) is 0.506. The van der Waals surface area contributed by atoms with E-state index in [-0.39, 0.29) is 0 Å². The third-order valence-electron chi connectivity index (χ3n) is 3.71. The van der Waals surface area contributed by atoms with Gasteiger partial charge in [-0.15, -0.1) is 11.3 Å². The van der Waals surface area contributed by atoms with Crippen molar-refractivity contribution in [1.82, 2.24) is 0 Å². The lowest BCUT2D eigenvalue weighted by Gasteiger charge is -2.23. The number of thiophene rings is 1. The zero-order chi connectivity index (χ0) is 12.3. The Kier molecular flexibility index (Phi) is 5.56. The van der Waals surface area contributed by atoms with Crippen molar-refractivity contribution in [3.63, 3.8) is 0 Å². The molecule has 1 aromatic heterocycles. The summed E-state index contributed by atoms with van der Waals surface area (Å²) in [5, 5.41) is 0. The summed E-state index contributed by atoms with van der Waals surface area (Å²) in [6.07, 6.45) is 9.93. The van der Waals surface area contributed by atoms with Crippen LogP contribution in [0.4, 0.5) is 0 Å². The zero-order valence-electron chi connectivity index (χ0n) is 10.3. The molecule has 0 spiro atoms. The summed E-state index contributed by atoms with van der Waals surface area (Å²) in [5.41, 5.74) is 0. The molecule has 1 atom stereocenters. The standard InChI is InChI=1S/C14H20Br2S/c1-10-12(15)9-13(17-10)14(16)11-7-5-3-2-4-6-8-11/h9,11,14H,2-8H2,1H3. The highest BCUT2D eigenvalue weighted by Gasteiger charge is 2.23. The van der Waals surface area contributed by atoms with E-state index < -0.39 is 0 Å². The summed E-state index contributed by atoms with van der Waals surface area (Å²) in [4.78, 5) is 3.46. The van der Waals surface area contributed by atoms with Crippen molar-refractivity contribution in [2.75, 3.05) is 0 Å². The molecule has 1 aromatic rings. The molecule has 3 heteroatoms. The van der Waals surface area contributed by atoms with Crippen LogP contribution in [0.25, 0.3) is 0 Å². The first-order valence-electron chi connectivity index (χ1n) is 6.58. The van der Waals surface area contributed by atoms with Gasteiger partial charge in [-0.1, -0.05) is 48.0 Å². The molecule has 0 aromatic carbocycles. The van der Waals surface area contributed by atoms with Gasteiger partial charge in [-0.3, -0.25) is 0 Å². The van der Waals surface area contributed by atoms with E-state index in [9.17, 15) is 0 Å². The van der Waals surface area contributed by atoms with Gasteiger partial charge in [0.1, 0.15) is 0 Å². The maximum Gasteiger partial charge on any atom is 0.0517 e. The largest absolute Gasteiger partial charge is 0.143 e. The highest BCUT2D eigenvalue weighted by Crippen LogP contribution is 2.43. The van der Waals surface area contributed by atoms with Crippen molar-refractivity contribution in [2.45, 2.75) is 56.7 Å². The van der Waals surface area contributed by atoms with Crippen LogP contribution in [0.1, 0.15) is 59.5 Å². The first-order valence-corrected chi connectivity index (χ1v) is 9.11. The molecule has 96 valence electrons. The molecule has 1 aliphatic carbocycles. The van der Waals surface area contributed by atoms with Gasteiger partial charge in [-0.2, -0.15) is 0 Å². The fourth-order valence-corrected chi connectivity index (χ4v) is 5.20. The van der Waals surface area contributed by atoms with Crippen LogP contribution in [-0.4, -0.2) is 0 Å². The number of aryl methyl sites for hydroxylation is 1. The Morgan fingerprint density at radius 3 is 2.29 bits per heavy atom. The molecule has 0 nitrogen and oxygen atoms in total. The van der Waals surface area contributed by atoms with Gasteiger partial charge in [0, 0.05) is 14.2 Å². The van der Waals surface area contributed by atoms with Gasteiger partial charge < -0.3 is 0 Å². The second-order valence-electron chi connectivity index (χ2n) is 5.06. The van der Waals surface area contributed by atoms with Crippen LogP contribution in [0.3, 0.4) is 0 Å². The van der Waals surface area contributed by atoms with E-state index in [1.54, 1.807) is 0 Å². The minimum absolute atomic E-state index is 0.565. The summed E-state index contributed by atoms with van der Waals surface area (Å²) < 4.78 is 1.27. The lowest BCUT2D eigenvalue weighted by Crippen LogP contribution is -2.09. The second-order valence-corrected chi connectivity index (χ2v) is 8.19. The fraction of sp³-hybridized carbons (Fsp3) is 0.714. The Morgan fingerprint density at radius 1 is 1.18 bits per heavy atom. The molecule has 1 unspecified atom stereocenters. The maximum atomic E-state index is 3.94. The minimum atomic E-state index is 0.565. The summed E-state index contributed by atoms with van der Waals surface area (Å²) in [7, 11) is 0. The molecule has 0 aliphatic heterocycles. The van der Waals surface area contributed by atoms with Crippen LogP contribution in [-0.2, 0) is 0 Å². The fourth-order valence-electron chi connectivity index (χ4n) is 2.63. The monoisotopic (exact) mass is 378 g/mol. The van der Waals surface area contributed by atoms with Gasteiger partial charge in [0.15, 0.2) is 0 Å². The third kappa shape index (κ3) is 3.81. The van der Waals surface area contributed by atoms with Gasteiger partial charge >= 0.3 is 0 Å². The first kappa shape index (κ1) is 14.1. The smallest absolute Gasteiger partial charge is 0.0517 e. The minimum Gasteiger partial charge on any atom is -0.143 e. The van der Waals surface area contributed by atoms with Gasteiger partial charge in [0.05, 0.1) is 4.83 Å². The van der Waals surface area contributed by atoms with E-state index >= 15 is 0 Å². The Hall–Kier alpha value is 0.660. The second kappa shape index (κ2) is 6.72. The van der Waals surface area contributed by atoms with Crippen molar-refractivity contribution in [3.05, 3.63) is 20.3 Å². The molecule has 1 saturated carbocycles. The van der Waals surface area contributed by atoms with E-state index in [2.05, 4.69) is 44.8 Å². The van der Waals surface area contributed by atoms with Crippen molar-refractivity contribution in [2.24, 2.45) is 5.92 Å². The predicted molar refractivity (Wildman–Crippen MR) is 84.2 cm³/mol. The van der Waals surface area contributed by atoms with E-state index in [0.717, 1.165) is 5.92 Å². The molecule has 0 radical (unpaired) electrons. The average molecular weight is 380 g/mol. The molecule has 1 fully saturated rings. The molecule has 0 N–H and O–H groups in total. The molecule has 17 heavy (non-hydrogen) atoms. The molecular weight excluding hydrogens is 360 g/mol. The molecule has 2 rings (SSSR count). The number of hydrogen-bond acceptors (Lipinski definition) is 1. The van der Waals surface area contributed by atoms with Gasteiger partial charge in [-0.25, -0.2) is 0 Å². The van der Waals surface area contributed by atoms with E-state index in [4.69, 9.17) is 0 Å². The number of halogens is 2. The van der Waals surface area contributed by atoms with Crippen LogP contribution in [0.5, 0.6) is 0 Å². The summed E-state index contributed by atoms with van der Waals surface area (Å²) in [6, 6.07) is 2.30. The van der Waals surface area contributed by atoms with Crippen LogP contribution < -0.4 is 0 Å². The topological polar surface area (TPSA) is 0 Å². The zero-order valence-corrected chi connectivity index (χ0v) is 14.3. The van der Waals surface area contributed by atoms with Crippen molar-refractivity contribution < 1.29 is 0 Å².